The fourth-order valence-corrected chi connectivity index (χ4v) is 3.38. The monoisotopic (exact) mass is 289 g/mol. The van der Waals surface area contributed by atoms with Gasteiger partial charge in [0.25, 0.3) is 10.0 Å². The normalized spacial score (nSPS) is 13.4. The molecule has 0 saturated heterocycles. The largest absolute Gasteiger partial charge is 0.480 e. The van der Waals surface area contributed by atoms with Crippen LogP contribution in [0.1, 0.15) is 31.7 Å². The molecule has 1 heterocycles. The molecular weight excluding hydrogens is 270 g/mol. The van der Waals surface area contributed by atoms with Crippen LogP contribution in [-0.2, 0) is 21.9 Å². The molecule has 0 bridgehead atoms. The maximum absolute atomic E-state index is 12.2. The topological polar surface area (TPSA) is 101 Å². The lowest BCUT2D eigenvalue weighted by Gasteiger charge is -2.14. The zero-order valence-electron chi connectivity index (χ0n) is 11.3. The third-order valence-corrected chi connectivity index (χ3v) is 4.44. The zero-order chi connectivity index (χ0) is 14.6. The molecule has 1 aromatic rings. The molecule has 2 N–H and O–H groups in total. The summed E-state index contributed by atoms with van der Waals surface area (Å²) in [5.41, 5.74) is 0.481. The van der Waals surface area contributed by atoms with Gasteiger partial charge in [-0.15, -0.1) is 0 Å². The fourth-order valence-electron chi connectivity index (χ4n) is 1.81. The zero-order valence-corrected chi connectivity index (χ0v) is 12.1. The predicted octanol–water partition coefficient (Wildman–Crippen LogP) is 0.650. The molecule has 0 amide bonds. The molecule has 0 aliphatic carbocycles. The molecule has 0 radical (unpaired) electrons. The Hall–Kier alpha value is -1.41. The van der Waals surface area contributed by atoms with Gasteiger partial charge in [-0.3, -0.25) is 9.48 Å². The highest BCUT2D eigenvalue weighted by Crippen LogP contribution is 2.14. The molecular formula is C11H19N3O4S. The van der Waals surface area contributed by atoms with Crippen LogP contribution in [0.15, 0.2) is 11.2 Å². The van der Waals surface area contributed by atoms with E-state index >= 15 is 0 Å². The summed E-state index contributed by atoms with van der Waals surface area (Å²) in [4.78, 5) is 11.1. The summed E-state index contributed by atoms with van der Waals surface area (Å²) in [6.07, 6.45) is 3.14. The third kappa shape index (κ3) is 3.77. The highest BCUT2D eigenvalue weighted by Gasteiger charge is 2.28. The maximum Gasteiger partial charge on any atom is 0.321 e. The second-order valence-corrected chi connectivity index (χ2v) is 6.04. The Labute approximate surface area is 112 Å². The van der Waals surface area contributed by atoms with Crippen molar-refractivity contribution < 1.29 is 18.3 Å². The second kappa shape index (κ2) is 6.16. The number of hydrogen-bond donors (Lipinski definition) is 2. The molecule has 1 aromatic heterocycles. The van der Waals surface area contributed by atoms with E-state index in [0.717, 1.165) is 6.42 Å². The van der Waals surface area contributed by atoms with Crippen molar-refractivity contribution in [3.05, 3.63) is 11.8 Å². The second-order valence-electron chi connectivity index (χ2n) is 4.41. The first-order valence-electron chi connectivity index (χ1n) is 6.03. The molecule has 1 atom stereocenters. The van der Waals surface area contributed by atoms with Gasteiger partial charge in [-0.25, -0.2) is 8.42 Å². The number of carbonyl (C=O) groups is 1. The Kier molecular flexibility index (Phi) is 5.07. The van der Waals surface area contributed by atoms with Gasteiger partial charge in [0.15, 0.2) is 5.03 Å². The molecule has 1 rings (SSSR count). The maximum atomic E-state index is 12.2. The summed E-state index contributed by atoms with van der Waals surface area (Å²) in [7, 11) is -2.38. The van der Waals surface area contributed by atoms with E-state index in [1.54, 1.807) is 6.92 Å². The van der Waals surface area contributed by atoms with Crippen LogP contribution in [0, 0.1) is 6.92 Å². The van der Waals surface area contributed by atoms with E-state index in [-0.39, 0.29) is 11.4 Å². The summed E-state index contributed by atoms with van der Waals surface area (Å²) < 4.78 is 27.8. The van der Waals surface area contributed by atoms with Crippen LogP contribution >= 0.6 is 0 Å². The average molecular weight is 289 g/mol. The van der Waals surface area contributed by atoms with E-state index in [1.807, 2.05) is 6.92 Å². The van der Waals surface area contributed by atoms with Crippen LogP contribution < -0.4 is 4.72 Å². The minimum Gasteiger partial charge on any atom is -0.480 e. The average Bonchev–Trinajstić information content (AvgIpc) is 2.64. The van der Waals surface area contributed by atoms with Gasteiger partial charge in [0.1, 0.15) is 6.04 Å². The van der Waals surface area contributed by atoms with E-state index in [0.29, 0.717) is 12.0 Å². The van der Waals surface area contributed by atoms with Crippen molar-refractivity contribution in [2.24, 2.45) is 7.05 Å². The Morgan fingerprint density at radius 2 is 2.21 bits per heavy atom. The highest BCUT2D eigenvalue weighted by atomic mass is 32.2. The van der Waals surface area contributed by atoms with E-state index in [9.17, 15) is 13.2 Å². The molecule has 0 saturated carbocycles. The van der Waals surface area contributed by atoms with Gasteiger partial charge in [-0.1, -0.05) is 19.8 Å². The molecule has 7 nitrogen and oxygen atoms in total. The molecule has 8 heteroatoms. The Balaban J connectivity index is 2.98. The van der Waals surface area contributed by atoms with Crippen molar-refractivity contribution >= 4 is 16.0 Å². The molecule has 19 heavy (non-hydrogen) atoms. The molecule has 0 aromatic carbocycles. The number of aromatic nitrogens is 2. The quantitative estimate of drug-likeness (QED) is 0.767. The molecule has 108 valence electrons. The van der Waals surface area contributed by atoms with Crippen molar-refractivity contribution in [1.82, 2.24) is 14.5 Å². The van der Waals surface area contributed by atoms with Crippen LogP contribution in [0.5, 0.6) is 0 Å². The number of hydrogen-bond acceptors (Lipinski definition) is 4. The summed E-state index contributed by atoms with van der Waals surface area (Å²) in [5, 5.41) is 12.9. The number of unbranched alkanes of at least 4 members (excludes halogenated alkanes) is 1. The number of nitrogens with one attached hydrogen (secondary N) is 1. The first-order chi connectivity index (χ1) is 8.79. The summed E-state index contributed by atoms with van der Waals surface area (Å²) >= 11 is 0. The number of nitrogens with zero attached hydrogens (tertiary/aromatic N) is 2. The van der Waals surface area contributed by atoms with Gasteiger partial charge >= 0.3 is 5.97 Å². The Morgan fingerprint density at radius 3 is 2.63 bits per heavy atom. The Bertz CT molecular complexity index is 531. The van der Waals surface area contributed by atoms with Crippen molar-refractivity contribution in [1.29, 1.82) is 0 Å². The highest BCUT2D eigenvalue weighted by molar-refractivity contribution is 7.89. The molecule has 0 aliphatic rings. The first-order valence-corrected chi connectivity index (χ1v) is 7.51. The minimum atomic E-state index is -3.88. The summed E-state index contributed by atoms with van der Waals surface area (Å²) in [6, 6.07) is -1.11. The van der Waals surface area contributed by atoms with Crippen LogP contribution in [-0.4, -0.2) is 35.3 Å². The lowest BCUT2D eigenvalue weighted by molar-refractivity contribution is -0.139. The number of aryl methyl sites for hydroxylation is 2. The van der Waals surface area contributed by atoms with Crippen LogP contribution in [0.25, 0.3) is 0 Å². The van der Waals surface area contributed by atoms with Gasteiger partial charge in [-0.05, 0) is 13.3 Å². The third-order valence-electron chi connectivity index (χ3n) is 2.75. The molecule has 0 aliphatic heterocycles. The van der Waals surface area contributed by atoms with Gasteiger partial charge in [-0.2, -0.15) is 9.82 Å². The molecule has 0 spiro atoms. The standard InChI is InChI=1S/C11H19N3O4S/c1-4-5-6-9(11(15)16)13-19(17,18)10-8(2)7-12-14(10)3/h7,9,13H,4-6H2,1-3H3,(H,15,16). The predicted molar refractivity (Wildman–Crippen MR) is 69.2 cm³/mol. The van der Waals surface area contributed by atoms with Gasteiger partial charge in [0, 0.05) is 12.6 Å². The Morgan fingerprint density at radius 1 is 1.58 bits per heavy atom. The first kappa shape index (κ1) is 15.6. The van der Waals surface area contributed by atoms with E-state index in [2.05, 4.69) is 9.82 Å². The number of carboxylic acids is 1. The van der Waals surface area contributed by atoms with E-state index in [4.69, 9.17) is 5.11 Å². The lowest BCUT2D eigenvalue weighted by Crippen LogP contribution is -2.41. The van der Waals surface area contributed by atoms with Crippen molar-refractivity contribution in [3.63, 3.8) is 0 Å². The van der Waals surface area contributed by atoms with E-state index in [1.165, 1.54) is 17.9 Å². The molecule has 0 fully saturated rings. The minimum absolute atomic E-state index is 0.00440. The van der Waals surface area contributed by atoms with Gasteiger partial charge in [0.2, 0.25) is 0 Å². The number of rotatable bonds is 7. The lowest BCUT2D eigenvalue weighted by atomic mass is 10.1. The fraction of sp³-hybridized carbons (Fsp3) is 0.636. The van der Waals surface area contributed by atoms with Crippen LogP contribution in [0.2, 0.25) is 0 Å². The van der Waals surface area contributed by atoms with Gasteiger partial charge < -0.3 is 5.11 Å². The van der Waals surface area contributed by atoms with Crippen molar-refractivity contribution in [2.75, 3.05) is 0 Å². The van der Waals surface area contributed by atoms with Gasteiger partial charge in [0.05, 0.1) is 6.20 Å². The molecule has 1 unspecified atom stereocenters. The number of aliphatic carboxylic acids is 1. The van der Waals surface area contributed by atoms with Crippen molar-refractivity contribution in [2.45, 2.75) is 44.2 Å². The summed E-state index contributed by atoms with van der Waals surface area (Å²) in [6.45, 7) is 3.53. The summed E-state index contributed by atoms with van der Waals surface area (Å²) in [5.74, 6) is -1.17. The van der Waals surface area contributed by atoms with E-state index < -0.39 is 22.0 Å². The van der Waals surface area contributed by atoms with Crippen LogP contribution in [0.4, 0.5) is 0 Å². The number of carboxylic acid groups (broad SMARTS) is 1. The van der Waals surface area contributed by atoms with Crippen LogP contribution in [0.3, 0.4) is 0 Å². The number of sulfonamides is 1. The SMILES string of the molecule is CCCCC(NS(=O)(=O)c1c(C)cnn1C)C(=O)O. The smallest absolute Gasteiger partial charge is 0.321 e. The van der Waals surface area contributed by atoms with Crippen molar-refractivity contribution in [3.8, 4) is 0 Å².